The lowest BCUT2D eigenvalue weighted by Gasteiger charge is -2.13. The van der Waals surface area contributed by atoms with Gasteiger partial charge in [-0.05, 0) is 49.3 Å². The first kappa shape index (κ1) is 17.7. The minimum absolute atomic E-state index is 0.128. The van der Waals surface area contributed by atoms with Crippen molar-refractivity contribution in [2.24, 2.45) is 5.92 Å². The van der Waals surface area contributed by atoms with Gasteiger partial charge in [0, 0.05) is 11.4 Å². The van der Waals surface area contributed by atoms with Crippen LogP contribution in [0.5, 0.6) is 0 Å². The smallest absolute Gasteiger partial charge is 0.339 e. The Balaban J connectivity index is 1.54. The van der Waals surface area contributed by atoms with E-state index in [9.17, 15) is 9.59 Å². The summed E-state index contributed by atoms with van der Waals surface area (Å²) in [6, 6.07) is 13.2. The lowest BCUT2D eigenvalue weighted by atomic mass is 10.1. The number of carbonyl (C=O) groups is 2. The maximum Gasteiger partial charge on any atom is 0.339 e. The molecule has 4 rings (SSSR count). The van der Waals surface area contributed by atoms with E-state index in [-0.39, 0.29) is 18.6 Å². The highest BCUT2D eigenvalue weighted by Crippen LogP contribution is 2.32. The van der Waals surface area contributed by atoms with E-state index in [2.05, 4.69) is 10.3 Å². The second-order valence-corrected chi connectivity index (χ2v) is 7.77. The van der Waals surface area contributed by atoms with E-state index in [0.29, 0.717) is 11.5 Å². The quantitative estimate of drug-likeness (QED) is 0.656. The fourth-order valence-electron chi connectivity index (χ4n) is 3.11. The second kappa shape index (κ2) is 7.48. The Bertz CT molecular complexity index is 980. The number of hydrogen-bond donors (Lipinski definition) is 1. The number of esters is 1. The molecular formula is C21H20N2O3S. The fraction of sp³-hybridized carbons (Fsp3) is 0.286. The molecule has 0 bridgehead atoms. The number of thiophene rings is 1. The Morgan fingerprint density at radius 2 is 2.07 bits per heavy atom. The summed E-state index contributed by atoms with van der Waals surface area (Å²) in [7, 11) is 0. The molecule has 27 heavy (non-hydrogen) atoms. The Morgan fingerprint density at radius 3 is 2.81 bits per heavy atom. The van der Waals surface area contributed by atoms with Gasteiger partial charge in [-0.25, -0.2) is 9.78 Å². The van der Waals surface area contributed by atoms with E-state index in [1.165, 1.54) is 0 Å². The molecule has 1 aliphatic rings. The number of fused-ring (bicyclic) bond motifs is 1. The number of nitrogens with zero attached hydrogens (tertiary/aromatic N) is 1. The first-order chi connectivity index (χ1) is 13.1. The molecule has 2 heterocycles. The standard InChI is InChI=1S/C21H20N2O3S/c1-13(14-8-9-14)22-20(24)12-26-21(25)16-11-18(19-7-4-10-27-19)23-17-6-3-2-5-15(16)17/h2-7,10-11,13-14H,8-9,12H2,1H3,(H,22,24)/t13-/m0/s1. The van der Waals surface area contributed by atoms with Gasteiger partial charge in [0.05, 0.1) is 21.7 Å². The van der Waals surface area contributed by atoms with Crippen LogP contribution >= 0.6 is 11.3 Å². The third-order valence-corrected chi connectivity index (χ3v) is 5.65. The van der Waals surface area contributed by atoms with Gasteiger partial charge < -0.3 is 10.1 Å². The van der Waals surface area contributed by atoms with E-state index < -0.39 is 5.97 Å². The predicted octanol–water partition coefficient (Wildman–Crippen LogP) is 4.03. The normalized spacial score (nSPS) is 14.7. The van der Waals surface area contributed by atoms with Crippen LogP contribution in [0.1, 0.15) is 30.1 Å². The summed E-state index contributed by atoms with van der Waals surface area (Å²) in [5, 5.41) is 5.58. The second-order valence-electron chi connectivity index (χ2n) is 6.82. The summed E-state index contributed by atoms with van der Waals surface area (Å²) in [5.74, 6) is -0.220. The van der Waals surface area contributed by atoms with E-state index in [1.807, 2.05) is 48.7 Å². The zero-order chi connectivity index (χ0) is 18.8. The maximum absolute atomic E-state index is 12.7. The Hall–Kier alpha value is -2.73. The maximum atomic E-state index is 12.7. The summed E-state index contributed by atoms with van der Waals surface area (Å²) in [4.78, 5) is 30.4. The van der Waals surface area contributed by atoms with Crippen molar-refractivity contribution in [2.75, 3.05) is 6.61 Å². The summed E-state index contributed by atoms with van der Waals surface area (Å²) >= 11 is 1.56. The van der Waals surface area contributed by atoms with Crippen LogP contribution in [0.15, 0.2) is 47.8 Å². The molecule has 1 atom stereocenters. The van der Waals surface area contributed by atoms with Crippen molar-refractivity contribution in [1.29, 1.82) is 0 Å². The van der Waals surface area contributed by atoms with Crippen molar-refractivity contribution in [3.8, 4) is 10.6 Å². The van der Waals surface area contributed by atoms with Crippen LogP contribution in [0.2, 0.25) is 0 Å². The van der Waals surface area contributed by atoms with Gasteiger partial charge in [-0.2, -0.15) is 0 Å². The van der Waals surface area contributed by atoms with E-state index >= 15 is 0 Å². The van der Waals surface area contributed by atoms with Gasteiger partial charge in [0.25, 0.3) is 5.91 Å². The molecule has 1 aromatic carbocycles. The minimum Gasteiger partial charge on any atom is -0.452 e. The first-order valence-electron chi connectivity index (χ1n) is 9.02. The predicted molar refractivity (Wildman–Crippen MR) is 106 cm³/mol. The monoisotopic (exact) mass is 380 g/mol. The molecule has 0 unspecified atom stereocenters. The molecule has 1 amide bonds. The zero-order valence-electron chi connectivity index (χ0n) is 15.0. The minimum atomic E-state index is -0.513. The number of benzene rings is 1. The SMILES string of the molecule is C[C@H](NC(=O)COC(=O)c1cc(-c2cccs2)nc2ccccc12)C1CC1. The van der Waals surface area contributed by atoms with Crippen LogP contribution in [-0.4, -0.2) is 29.5 Å². The summed E-state index contributed by atoms with van der Waals surface area (Å²) < 4.78 is 5.30. The molecular weight excluding hydrogens is 360 g/mol. The molecule has 1 fully saturated rings. The Morgan fingerprint density at radius 1 is 1.26 bits per heavy atom. The summed E-state index contributed by atoms with van der Waals surface area (Å²) in [6.07, 6.45) is 2.30. The summed E-state index contributed by atoms with van der Waals surface area (Å²) in [5.41, 5.74) is 1.87. The van der Waals surface area contributed by atoms with E-state index in [0.717, 1.165) is 34.3 Å². The number of aromatic nitrogens is 1. The highest BCUT2D eigenvalue weighted by Gasteiger charge is 2.29. The highest BCUT2D eigenvalue weighted by molar-refractivity contribution is 7.13. The number of amides is 1. The number of carbonyl (C=O) groups excluding carboxylic acids is 2. The third-order valence-electron chi connectivity index (χ3n) is 4.76. The van der Waals surface area contributed by atoms with E-state index in [1.54, 1.807) is 17.4 Å². The van der Waals surface area contributed by atoms with Gasteiger partial charge in [0.15, 0.2) is 6.61 Å². The number of para-hydroxylation sites is 1. The van der Waals surface area contributed by atoms with Crippen LogP contribution in [-0.2, 0) is 9.53 Å². The Kier molecular flexibility index (Phi) is 4.90. The fourth-order valence-corrected chi connectivity index (χ4v) is 3.80. The first-order valence-corrected chi connectivity index (χ1v) is 9.90. The molecule has 0 aliphatic heterocycles. The van der Waals surface area contributed by atoms with Gasteiger partial charge in [-0.3, -0.25) is 4.79 Å². The van der Waals surface area contributed by atoms with Crippen LogP contribution in [0.3, 0.4) is 0 Å². The van der Waals surface area contributed by atoms with Crippen molar-refractivity contribution in [1.82, 2.24) is 10.3 Å². The number of hydrogen-bond acceptors (Lipinski definition) is 5. The molecule has 5 nitrogen and oxygen atoms in total. The number of nitrogens with one attached hydrogen (secondary N) is 1. The number of ether oxygens (including phenoxy) is 1. The molecule has 2 aromatic heterocycles. The molecule has 0 saturated heterocycles. The van der Waals surface area contributed by atoms with Crippen molar-refractivity contribution < 1.29 is 14.3 Å². The van der Waals surface area contributed by atoms with Crippen molar-refractivity contribution in [3.05, 3.63) is 53.4 Å². The molecule has 1 aliphatic carbocycles. The number of rotatable bonds is 6. The van der Waals surface area contributed by atoms with Crippen LogP contribution in [0.4, 0.5) is 0 Å². The van der Waals surface area contributed by atoms with Crippen LogP contribution in [0.25, 0.3) is 21.5 Å². The van der Waals surface area contributed by atoms with E-state index in [4.69, 9.17) is 4.74 Å². The topological polar surface area (TPSA) is 68.3 Å². The van der Waals surface area contributed by atoms with Gasteiger partial charge in [-0.15, -0.1) is 11.3 Å². The van der Waals surface area contributed by atoms with Gasteiger partial charge >= 0.3 is 5.97 Å². The lowest BCUT2D eigenvalue weighted by molar-refractivity contribution is -0.124. The number of pyridine rings is 1. The molecule has 1 saturated carbocycles. The highest BCUT2D eigenvalue weighted by atomic mass is 32.1. The zero-order valence-corrected chi connectivity index (χ0v) is 15.8. The van der Waals surface area contributed by atoms with Crippen LogP contribution < -0.4 is 5.32 Å². The summed E-state index contributed by atoms with van der Waals surface area (Å²) in [6.45, 7) is 1.71. The average Bonchev–Trinajstić information content (AvgIpc) is 3.39. The average molecular weight is 380 g/mol. The molecule has 138 valence electrons. The lowest BCUT2D eigenvalue weighted by Crippen LogP contribution is -2.37. The molecule has 0 radical (unpaired) electrons. The largest absolute Gasteiger partial charge is 0.452 e. The van der Waals surface area contributed by atoms with Crippen LogP contribution in [0, 0.1) is 5.92 Å². The third kappa shape index (κ3) is 4.01. The van der Waals surface area contributed by atoms with Crippen molar-refractivity contribution in [3.63, 3.8) is 0 Å². The van der Waals surface area contributed by atoms with Crippen molar-refractivity contribution in [2.45, 2.75) is 25.8 Å². The molecule has 3 aromatic rings. The van der Waals surface area contributed by atoms with Gasteiger partial charge in [-0.1, -0.05) is 24.3 Å². The van der Waals surface area contributed by atoms with Gasteiger partial charge in [0.2, 0.25) is 0 Å². The molecule has 0 spiro atoms. The Labute approximate surface area is 161 Å². The van der Waals surface area contributed by atoms with Crippen molar-refractivity contribution >= 4 is 34.1 Å². The molecule has 1 N–H and O–H groups in total. The van der Waals surface area contributed by atoms with Gasteiger partial charge in [0.1, 0.15) is 0 Å². The molecule has 6 heteroatoms.